The van der Waals surface area contributed by atoms with Crippen molar-refractivity contribution in [1.82, 2.24) is 0 Å². The van der Waals surface area contributed by atoms with E-state index in [1.807, 2.05) is 0 Å². The Morgan fingerprint density at radius 2 is 1.35 bits per heavy atom. The standard InChI is InChI=1S/C20H30/c1-16(17-8-4-2-5-9-17)18-12-14-20(15-13-18)19-10-6-3-7-11-19/h3,6-7,10-11,16-18,20H,2,4-5,8-9,12-15H2,1H3. The van der Waals surface area contributed by atoms with E-state index in [2.05, 4.69) is 37.3 Å². The maximum atomic E-state index is 2.56. The summed E-state index contributed by atoms with van der Waals surface area (Å²) < 4.78 is 0. The second kappa shape index (κ2) is 6.78. The third kappa shape index (κ3) is 3.27. The van der Waals surface area contributed by atoms with Crippen LogP contribution in [0.4, 0.5) is 0 Å². The molecule has 0 aliphatic heterocycles. The van der Waals surface area contributed by atoms with E-state index < -0.39 is 0 Å². The van der Waals surface area contributed by atoms with Crippen LogP contribution in [0.3, 0.4) is 0 Å². The number of rotatable bonds is 3. The van der Waals surface area contributed by atoms with Crippen LogP contribution in [0, 0.1) is 17.8 Å². The molecule has 3 rings (SSSR count). The van der Waals surface area contributed by atoms with Gasteiger partial charge in [0.15, 0.2) is 0 Å². The quantitative estimate of drug-likeness (QED) is 0.615. The maximum Gasteiger partial charge on any atom is -0.0162 e. The molecule has 20 heavy (non-hydrogen) atoms. The average molecular weight is 270 g/mol. The number of hydrogen-bond acceptors (Lipinski definition) is 0. The molecule has 0 nitrogen and oxygen atoms in total. The fourth-order valence-electron chi connectivity index (χ4n) is 4.75. The van der Waals surface area contributed by atoms with Gasteiger partial charge in [-0.25, -0.2) is 0 Å². The van der Waals surface area contributed by atoms with Gasteiger partial charge < -0.3 is 0 Å². The topological polar surface area (TPSA) is 0 Å². The third-order valence-corrected chi connectivity index (χ3v) is 6.18. The summed E-state index contributed by atoms with van der Waals surface area (Å²) in [5.41, 5.74) is 1.58. The number of benzene rings is 1. The van der Waals surface area contributed by atoms with E-state index in [0.717, 1.165) is 23.7 Å². The summed E-state index contributed by atoms with van der Waals surface area (Å²) >= 11 is 0. The zero-order chi connectivity index (χ0) is 13.8. The molecule has 0 aromatic heterocycles. The first-order valence-corrected chi connectivity index (χ1v) is 8.89. The Labute approximate surface area is 125 Å². The Morgan fingerprint density at radius 1 is 0.750 bits per heavy atom. The summed E-state index contributed by atoms with van der Waals surface area (Å²) in [6.07, 6.45) is 13.3. The molecule has 2 aliphatic rings. The molecule has 1 unspecified atom stereocenters. The van der Waals surface area contributed by atoms with Crippen LogP contribution in [0.2, 0.25) is 0 Å². The lowest BCUT2D eigenvalue weighted by Crippen LogP contribution is -2.26. The van der Waals surface area contributed by atoms with Gasteiger partial charge in [-0.1, -0.05) is 69.4 Å². The van der Waals surface area contributed by atoms with E-state index in [1.54, 1.807) is 5.56 Å². The molecular weight excluding hydrogens is 240 g/mol. The van der Waals surface area contributed by atoms with E-state index in [1.165, 1.54) is 57.8 Å². The molecule has 0 spiro atoms. The van der Waals surface area contributed by atoms with Gasteiger partial charge in [0.05, 0.1) is 0 Å². The number of hydrogen-bond donors (Lipinski definition) is 0. The van der Waals surface area contributed by atoms with Gasteiger partial charge in [0.1, 0.15) is 0 Å². The van der Waals surface area contributed by atoms with Crippen molar-refractivity contribution in [3.05, 3.63) is 35.9 Å². The minimum absolute atomic E-state index is 0.839. The SMILES string of the molecule is CC(C1CCCCC1)C1CCC(c2ccccc2)CC1. The molecule has 2 fully saturated rings. The van der Waals surface area contributed by atoms with Gasteiger partial charge in [0.25, 0.3) is 0 Å². The van der Waals surface area contributed by atoms with Crippen molar-refractivity contribution in [2.24, 2.45) is 17.8 Å². The molecule has 1 aromatic carbocycles. The highest BCUT2D eigenvalue weighted by Gasteiger charge is 2.30. The first-order valence-electron chi connectivity index (χ1n) is 8.89. The van der Waals surface area contributed by atoms with E-state index in [0.29, 0.717) is 0 Å². The minimum atomic E-state index is 0.839. The fourth-order valence-corrected chi connectivity index (χ4v) is 4.75. The van der Waals surface area contributed by atoms with Gasteiger partial charge in [0, 0.05) is 0 Å². The summed E-state index contributed by atoms with van der Waals surface area (Å²) in [6.45, 7) is 2.56. The monoisotopic (exact) mass is 270 g/mol. The lowest BCUT2D eigenvalue weighted by Gasteiger charge is -2.37. The van der Waals surface area contributed by atoms with Crippen LogP contribution in [0.5, 0.6) is 0 Å². The lowest BCUT2D eigenvalue weighted by molar-refractivity contribution is 0.152. The normalized spacial score (nSPS) is 30.1. The van der Waals surface area contributed by atoms with Crippen LogP contribution in [-0.2, 0) is 0 Å². The molecule has 110 valence electrons. The third-order valence-electron chi connectivity index (χ3n) is 6.18. The van der Waals surface area contributed by atoms with Crippen LogP contribution in [0.25, 0.3) is 0 Å². The summed E-state index contributed by atoms with van der Waals surface area (Å²) in [5, 5.41) is 0. The Hall–Kier alpha value is -0.780. The molecule has 2 aliphatic carbocycles. The van der Waals surface area contributed by atoms with Crippen molar-refractivity contribution in [3.63, 3.8) is 0 Å². The van der Waals surface area contributed by atoms with E-state index in [-0.39, 0.29) is 0 Å². The van der Waals surface area contributed by atoms with Crippen molar-refractivity contribution in [2.45, 2.75) is 70.6 Å². The largest absolute Gasteiger partial charge is 0.0622 e. The van der Waals surface area contributed by atoms with Gasteiger partial charge >= 0.3 is 0 Å². The molecule has 1 atom stereocenters. The van der Waals surface area contributed by atoms with Crippen LogP contribution >= 0.6 is 0 Å². The van der Waals surface area contributed by atoms with E-state index in [9.17, 15) is 0 Å². The van der Waals surface area contributed by atoms with Gasteiger partial charge in [-0.2, -0.15) is 0 Å². The highest BCUT2D eigenvalue weighted by atomic mass is 14.4. The average Bonchev–Trinajstić information content (AvgIpc) is 2.56. The summed E-state index contributed by atoms with van der Waals surface area (Å²) in [7, 11) is 0. The Balaban J connectivity index is 1.53. The van der Waals surface area contributed by atoms with Crippen molar-refractivity contribution in [1.29, 1.82) is 0 Å². The highest BCUT2D eigenvalue weighted by Crippen LogP contribution is 2.43. The van der Waals surface area contributed by atoms with E-state index >= 15 is 0 Å². The molecular formula is C20H30. The lowest BCUT2D eigenvalue weighted by atomic mass is 9.68. The second-order valence-corrected chi connectivity index (χ2v) is 7.28. The molecule has 2 saturated carbocycles. The molecule has 0 N–H and O–H groups in total. The Morgan fingerprint density at radius 3 is 2.00 bits per heavy atom. The van der Waals surface area contributed by atoms with Gasteiger partial charge in [-0.3, -0.25) is 0 Å². The smallest absolute Gasteiger partial charge is 0.0162 e. The molecule has 0 saturated heterocycles. The summed E-state index contributed by atoms with van der Waals surface area (Å²) in [6, 6.07) is 11.2. The van der Waals surface area contributed by atoms with Crippen LogP contribution in [0.1, 0.15) is 76.2 Å². The van der Waals surface area contributed by atoms with Gasteiger partial charge in [-0.15, -0.1) is 0 Å². The predicted molar refractivity (Wildman–Crippen MR) is 86.9 cm³/mol. The molecule has 0 bridgehead atoms. The molecule has 0 amide bonds. The summed E-state index contributed by atoms with van der Waals surface area (Å²) in [4.78, 5) is 0. The second-order valence-electron chi connectivity index (χ2n) is 7.28. The Bertz CT molecular complexity index is 380. The van der Waals surface area contributed by atoms with Gasteiger partial charge in [-0.05, 0) is 54.9 Å². The maximum absolute atomic E-state index is 2.56. The van der Waals surface area contributed by atoms with Crippen LogP contribution in [-0.4, -0.2) is 0 Å². The van der Waals surface area contributed by atoms with Crippen molar-refractivity contribution in [2.75, 3.05) is 0 Å². The first kappa shape index (κ1) is 14.2. The zero-order valence-corrected chi connectivity index (χ0v) is 13.1. The van der Waals surface area contributed by atoms with Gasteiger partial charge in [0.2, 0.25) is 0 Å². The van der Waals surface area contributed by atoms with Crippen molar-refractivity contribution in [3.8, 4) is 0 Å². The van der Waals surface area contributed by atoms with E-state index in [4.69, 9.17) is 0 Å². The zero-order valence-electron chi connectivity index (χ0n) is 13.1. The molecule has 0 heterocycles. The predicted octanol–water partition coefficient (Wildman–Crippen LogP) is 6.18. The van der Waals surface area contributed by atoms with Crippen LogP contribution in [0.15, 0.2) is 30.3 Å². The van der Waals surface area contributed by atoms with Crippen molar-refractivity contribution >= 4 is 0 Å². The fraction of sp³-hybridized carbons (Fsp3) is 0.700. The van der Waals surface area contributed by atoms with Crippen LogP contribution < -0.4 is 0 Å². The summed E-state index contributed by atoms with van der Waals surface area (Å²) in [5.74, 6) is 3.87. The molecule has 1 aromatic rings. The first-order chi connectivity index (χ1) is 9.84. The van der Waals surface area contributed by atoms with Crippen molar-refractivity contribution < 1.29 is 0 Å². The molecule has 0 radical (unpaired) electrons. The Kier molecular flexibility index (Phi) is 4.81. The minimum Gasteiger partial charge on any atom is -0.0622 e. The highest BCUT2D eigenvalue weighted by molar-refractivity contribution is 5.19. The molecule has 0 heteroatoms.